The lowest BCUT2D eigenvalue weighted by Gasteiger charge is -2.13. The topological polar surface area (TPSA) is 69.7 Å². The zero-order chi connectivity index (χ0) is 22.5. The molecule has 1 aromatic heterocycles. The zero-order valence-corrected chi connectivity index (χ0v) is 18.2. The average Bonchev–Trinajstić information content (AvgIpc) is 2.84. The Labute approximate surface area is 186 Å². The molecule has 0 atom stereocenters. The summed E-state index contributed by atoms with van der Waals surface area (Å²) in [7, 11) is 3.20. The Balaban J connectivity index is 1.75. The number of pyridine rings is 1. The number of nitrogens with zero attached hydrogens (tertiary/aromatic N) is 1. The number of rotatable bonds is 7. The molecule has 0 bridgehead atoms. The minimum atomic E-state index is -0.221. The molecule has 0 radical (unpaired) electrons. The third-order valence-corrected chi connectivity index (χ3v) is 5.07. The predicted molar refractivity (Wildman–Crippen MR) is 126 cm³/mol. The summed E-state index contributed by atoms with van der Waals surface area (Å²) in [5, 5.41) is 3.74. The first kappa shape index (κ1) is 21.2. The summed E-state index contributed by atoms with van der Waals surface area (Å²) in [4.78, 5) is 18.0. The van der Waals surface area contributed by atoms with Gasteiger partial charge in [-0.25, -0.2) is 4.98 Å². The van der Waals surface area contributed by atoms with Crippen molar-refractivity contribution in [3.63, 3.8) is 0 Å². The maximum atomic E-state index is 13.3. The van der Waals surface area contributed by atoms with E-state index < -0.39 is 0 Å². The van der Waals surface area contributed by atoms with Gasteiger partial charge in [-0.15, -0.1) is 0 Å². The summed E-state index contributed by atoms with van der Waals surface area (Å²) in [6.45, 7) is 2.52. The number of carbonyl (C=O) groups excluding carboxylic acids is 1. The Morgan fingerprint density at radius 1 is 0.906 bits per heavy atom. The molecule has 0 unspecified atom stereocenters. The van der Waals surface area contributed by atoms with Crippen LogP contribution in [0.5, 0.6) is 17.2 Å². The van der Waals surface area contributed by atoms with Gasteiger partial charge in [0.25, 0.3) is 5.91 Å². The van der Waals surface area contributed by atoms with Gasteiger partial charge in [-0.2, -0.15) is 0 Å². The number of aromatic nitrogens is 1. The van der Waals surface area contributed by atoms with Crippen LogP contribution in [0.1, 0.15) is 17.3 Å². The van der Waals surface area contributed by atoms with E-state index >= 15 is 0 Å². The molecule has 0 aliphatic rings. The SMILES string of the molecule is CCOc1ccc(NC(=O)c2cc(-c3ccc(OC)cc3OC)nc3ccccc23)cc1. The Kier molecular flexibility index (Phi) is 6.22. The third-order valence-electron chi connectivity index (χ3n) is 5.07. The molecule has 3 aromatic carbocycles. The van der Waals surface area contributed by atoms with Crippen LogP contribution in [0.3, 0.4) is 0 Å². The molecule has 32 heavy (non-hydrogen) atoms. The number of hydrogen-bond acceptors (Lipinski definition) is 5. The van der Waals surface area contributed by atoms with Gasteiger partial charge in [0.1, 0.15) is 17.2 Å². The fourth-order valence-electron chi connectivity index (χ4n) is 3.51. The van der Waals surface area contributed by atoms with Gasteiger partial charge < -0.3 is 19.5 Å². The number of para-hydroxylation sites is 1. The molecule has 6 heteroatoms. The van der Waals surface area contributed by atoms with Gasteiger partial charge >= 0.3 is 0 Å². The summed E-state index contributed by atoms with van der Waals surface area (Å²) in [6.07, 6.45) is 0. The fraction of sp³-hybridized carbons (Fsp3) is 0.154. The number of nitrogens with one attached hydrogen (secondary N) is 1. The van der Waals surface area contributed by atoms with Crippen molar-refractivity contribution in [1.29, 1.82) is 0 Å². The Morgan fingerprint density at radius 3 is 2.38 bits per heavy atom. The number of benzene rings is 3. The lowest BCUT2D eigenvalue weighted by atomic mass is 10.0. The van der Waals surface area contributed by atoms with E-state index in [1.54, 1.807) is 26.4 Å². The van der Waals surface area contributed by atoms with Gasteiger partial charge in [0, 0.05) is 22.7 Å². The molecule has 1 heterocycles. The summed E-state index contributed by atoms with van der Waals surface area (Å²) < 4.78 is 16.3. The number of anilines is 1. The number of fused-ring (bicyclic) bond motifs is 1. The molecule has 0 fully saturated rings. The monoisotopic (exact) mass is 428 g/mol. The van der Waals surface area contributed by atoms with E-state index in [1.807, 2.05) is 67.6 Å². The Morgan fingerprint density at radius 2 is 1.66 bits per heavy atom. The smallest absolute Gasteiger partial charge is 0.256 e. The molecular weight excluding hydrogens is 404 g/mol. The summed E-state index contributed by atoms with van der Waals surface area (Å²) in [5.74, 6) is 1.83. The normalized spacial score (nSPS) is 10.6. The van der Waals surface area contributed by atoms with E-state index in [0.29, 0.717) is 35.1 Å². The summed E-state index contributed by atoms with van der Waals surface area (Å²) in [6, 6.07) is 22.2. The number of hydrogen-bond donors (Lipinski definition) is 1. The molecule has 4 aromatic rings. The van der Waals surface area contributed by atoms with Crippen molar-refractivity contribution < 1.29 is 19.0 Å². The first-order valence-electron chi connectivity index (χ1n) is 10.3. The number of amides is 1. The van der Waals surface area contributed by atoms with Gasteiger partial charge in [-0.05, 0) is 55.5 Å². The lowest BCUT2D eigenvalue weighted by Crippen LogP contribution is -2.13. The zero-order valence-electron chi connectivity index (χ0n) is 18.2. The highest BCUT2D eigenvalue weighted by atomic mass is 16.5. The first-order valence-corrected chi connectivity index (χ1v) is 10.3. The molecule has 6 nitrogen and oxygen atoms in total. The minimum absolute atomic E-state index is 0.221. The van der Waals surface area contributed by atoms with Crippen LogP contribution in [-0.2, 0) is 0 Å². The summed E-state index contributed by atoms with van der Waals surface area (Å²) in [5.41, 5.74) is 3.34. The second-order valence-electron chi connectivity index (χ2n) is 7.05. The van der Waals surface area contributed by atoms with Gasteiger partial charge in [0.05, 0.1) is 37.6 Å². The van der Waals surface area contributed by atoms with Gasteiger partial charge in [-0.1, -0.05) is 18.2 Å². The van der Waals surface area contributed by atoms with Crippen molar-refractivity contribution in [3.05, 3.63) is 78.4 Å². The van der Waals surface area contributed by atoms with E-state index in [4.69, 9.17) is 19.2 Å². The van der Waals surface area contributed by atoms with Crippen LogP contribution in [0, 0.1) is 0 Å². The Hall–Kier alpha value is -4.06. The van der Waals surface area contributed by atoms with Crippen LogP contribution < -0.4 is 19.5 Å². The van der Waals surface area contributed by atoms with Crippen LogP contribution in [0.4, 0.5) is 5.69 Å². The molecule has 4 rings (SSSR count). The number of methoxy groups -OCH3 is 2. The van der Waals surface area contributed by atoms with Crippen molar-refractivity contribution in [3.8, 4) is 28.5 Å². The molecule has 0 aliphatic heterocycles. The second-order valence-corrected chi connectivity index (χ2v) is 7.05. The molecule has 0 saturated carbocycles. The molecule has 1 amide bonds. The maximum Gasteiger partial charge on any atom is 0.256 e. The fourth-order valence-corrected chi connectivity index (χ4v) is 3.51. The van der Waals surface area contributed by atoms with Crippen LogP contribution in [0.25, 0.3) is 22.2 Å². The maximum absolute atomic E-state index is 13.3. The molecule has 1 N–H and O–H groups in total. The van der Waals surface area contributed by atoms with Crippen molar-refractivity contribution in [2.75, 3.05) is 26.1 Å². The molecule has 0 saturated heterocycles. The summed E-state index contributed by atoms with van der Waals surface area (Å²) >= 11 is 0. The van der Waals surface area contributed by atoms with Gasteiger partial charge in [-0.3, -0.25) is 4.79 Å². The van der Waals surface area contributed by atoms with E-state index in [9.17, 15) is 4.79 Å². The first-order chi connectivity index (χ1) is 15.6. The minimum Gasteiger partial charge on any atom is -0.497 e. The average molecular weight is 428 g/mol. The van der Waals surface area contributed by atoms with Crippen molar-refractivity contribution >= 4 is 22.5 Å². The largest absolute Gasteiger partial charge is 0.497 e. The predicted octanol–water partition coefficient (Wildman–Crippen LogP) is 5.57. The second kappa shape index (κ2) is 9.39. The van der Waals surface area contributed by atoms with E-state index in [-0.39, 0.29) is 5.91 Å². The molecule has 0 spiro atoms. The van der Waals surface area contributed by atoms with Crippen molar-refractivity contribution in [2.45, 2.75) is 6.92 Å². The molecule has 0 aliphatic carbocycles. The number of carbonyl (C=O) groups is 1. The van der Waals surface area contributed by atoms with Crippen LogP contribution in [0.15, 0.2) is 72.8 Å². The van der Waals surface area contributed by atoms with Crippen LogP contribution in [-0.4, -0.2) is 31.7 Å². The third kappa shape index (κ3) is 4.34. The standard InChI is InChI=1S/C26H24N2O4/c1-4-32-18-11-9-17(10-12-18)27-26(29)22-16-24(28-23-8-6-5-7-20(22)23)21-14-13-19(30-2)15-25(21)31-3/h5-16H,4H2,1-3H3,(H,27,29). The van der Waals surface area contributed by atoms with E-state index in [0.717, 1.165) is 22.2 Å². The lowest BCUT2D eigenvalue weighted by molar-refractivity contribution is 0.102. The van der Waals surface area contributed by atoms with Gasteiger partial charge in [0.2, 0.25) is 0 Å². The highest BCUT2D eigenvalue weighted by molar-refractivity contribution is 6.13. The van der Waals surface area contributed by atoms with E-state index in [2.05, 4.69) is 5.32 Å². The molecule has 162 valence electrons. The highest BCUT2D eigenvalue weighted by Crippen LogP contribution is 2.34. The van der Waals surface area contributed by atoms with Crippen molar-refractivity contribution in [1.82, 2.24) is 4.98 Å². The van der Waals surface area contributed by atoms with Crippen LogP contribution >= 0.6 is 0 Å². The van der Waals surface area contributed by atoms with E-state index in [1.165, 1.54) is 0 Å². The highest BCUT2D eigenvalue weighted by Gasteiger charge is 2.17. The Bertz CT molecular complexity index is 1250. The van der Waals surface area contributed by atoms with Crippen LogP contribution in [0.2, 0.25) is 0 Å². The van der Waals surface area contributed by atoms with Gasteiger partial charge in [0.15, 0.2) is 0 Å². The molecular formula is C26H24N2O4. The van der Waals surface area contributed by atoms with Crippen molar-refractivity contribution in [2.24, 2.45) is 0 Å². The number of ether oxygens (including phenoxy) is 3. The quantitative estimate of drug-likeness (QED) is 0.417.